The predicted octanol–water partition coefficient (Wildman–Crippen LogP) is 3.98. The Kier molecular flexibility index (Phi) is 3.95. The van der Waals surface area contributed by atoms with Gasteiger partial charge < -0.3 is 0 Å². The molecule has 7 heteroatoms. The van der Waals surface area contributed by atoms with Crippen LogP contribution in [0.15, 0.2) is 40.9 Å². The Hall–Kier alpha value is -1.47. The van der Waals surface area contributed by atoms with E-state index in [-0.39, 0.29) is 5.91 Å². The van der Waals surface area contributed by atoms with Gasteiger partial charge in [-0.25, -0.2) is 10.8 Å². The molecule has 0 aliphatic rings. The summed E-state index contributed by atoms with van der Waals surface area (Å²) in [5.74, 6) is 4.82. The molecule has 0 unspecified atom stereocenters. The average molecular weight is 383 g/mol. The van der Waals surface area contributed by atoms with Crippen molar-refractivity contribution in [3.8, 4) is 10.6 Å². The molecule has 4 nitrogen and oxygen atoms in total. The molecule has 1 amide bonds. The van der Waals surface area contributed by atoms with Gasteiger partial charge in [0.05, 0.1) is 15.2 Å². The van der Waals surface area contributed by atoms with Gasteiger partial charge in [0.15, 0.2) is 0 Å². The fourth-order valence-corrected chi connectivity index (χ4v) is 3.59. The van der Waals surface area contributed by atoms with Crippen molar-refractivity contribution in [1.82, 2.24) is 10.4 Å². The number of hydrogen-bond acceptors (Lipinski definition) is 4. The number of halogens is 2. The van der Waals surface area contributed by atoms with Gasteiger partial charge in [-0.05, 0) is 36.4 Å². The number of amides is 1. The third kappa shape index (κ3) is 2.80. The Morgan fingerprint density at radius 3 is 2.86 bits per heavy atom. The number of hydrogen-bond donors (Lipinski definition) is 2. The van der Waals surface area contributed by atoms with Crippen molar-refractivity contribution in [3.05, 3.63) is 51.5 Å². The Balaban J connectivity index is 2.13. The minimum Gasteiger partial charge on any atom is -0.290 e. The Labute approximate surface area is 138 Å². The van der Waals surface area contributed by atoms with Crippen LogP contribution in [0.4, 0.5) is 0 Å². The number of fused-ring (bicyclic) bond motifs is 1. The molecule has 0 fully saturated rings. The summed E-state index contributed by atoms with van der Waals surface area (Å²) in [5, 5.41) is 1.44. The van der Waals surface area contributed by atoms with Crippen LogP contribution in [0.1, 0.15) is 10.4 Å². The molecule has 0 aliphatic carbocycles. The molecule has 106 valence electrons. The summed E-state index contributed by atoms with van der Waals surface area (Å²) in [7, 11) is 0. The third-order valence-electron chi connectivity index (χ3n) is 2.94. The summed E-state index contributed by atoms with van der Waals surface area (Å²) in [6.07, 6.45) is 0. The zero-order valence-corrected chi connectivity index (χ0v) is 13.7. The number of carbonyl (C=O) groups is 1. The van der Waals surface area contributed by atoms with Gasteiger partial charge in [0, 0.05) is 15.6 Å². The normalized spacial score (nSPS) is 10.8. The smallest absolute Gasteiger partial charge is 0.265 e. The first-order valence-electron chi connectivity index (χ1n) is 5.95. The van der Waals surface area contributed by atoms with Crippen LogP contribution in [0.5, 0.6) is 0 Å². The summed E-state index contributed by atoms with van der Waals surface area (Å²) < 4.78 is 1.84. The van der Waals surface area contributed by atoms with Crippen molar-refractivity contribution >= 4 is 55.0 Å². The van der Waals surface area contributed by atoms with Crippen LogP contribution >= 0.6 is 38.9 Å². The average Bonchev–Trinajstić information content (AvgIpc) is 2.91. The molecule has 0 radical (unpaired) electrons. The number of carbonyl (C=O) groups excluding carboxylic acids is 1. The quantitative estimate of drug-likeness (QED) is 0.400. The van der Waals surface area contributed by atoms with Gasteiger partial charge >= 0.3 is 0 Å². The lowest BCUT2D eigenvalue weighted by Gasteiger charge is -2.00. The van der Waals surface area contributed by atoms with Gasteiger partial charge in [-0.15, -0.1) is 11.3 Å². The standard InChI is InChI=1S/C14H9BrClN3OS/c15-8-2-3-10(16)9(6-8)14-18-11-4-1-7(13(20)19-17)5-12(11)21-14/h1-6H,17H2,(H,19,20). The molecule has 3 aromatic rings. The molecular weight excluding hydrogens is 374 g/mol. The number of hydrazine groups is 1. The third-order valence-corrected chi connectivity index (χ3v) is 4.81. The summed E-state index contributed by atoms with van der Waals surface area (Å²) >= 11 is 11.1. The van der Waals surface area contributed by atoms with E-state index in [1.807, 2.05) is 18.2 Å². The molecule has 21 heavy (non-hydrogen) atoms. The van der Waals surface area contributed by atoms with E-state index < -0.39 is 0 Å². The molecule has 2 aromatic carbocycles. The molecule has 0 atom stereocenters. The van der Waals surface area contributed by atoms with E-state index in [0.29, 0.717) is 10.6 Å². The van der Waals surface area contributed by atoms with Crippen LogP contribution in [-0.4, -0.2) is 10.9 Å². The molecule has 3 N–H and O–H groups in total. The fraction of sp³-hybridized carbons (Fsp3) is 0. The molecule has 1 heterocycles. The van der Waals surface area contributed by atoms with Gasteiger partial charge in [0.1, 0.15) is 5.01 Å². The van der Waals surface area contributed by atoms with Crippen molar-refractivity contribution in [2.24, 2.45) is 5.84 Å². The lowest BCUT2D eigenvalue weighted by atomic mass is 10.2. The maximum absolute atomic E-state index is 11.6. The first kappa shape index (κ1) is 14.5. The highest BCUT2D eigenvalue weighted by Gasteiger charge is 2.12. The lowest BCUT2D eigenvalue weighted by Crippen LogP contribution is -2.29. The topological polar surface area (TPSA) is 68.0 Å². The van der Waals surface area contributed by atoms with Gasteiger partial charge in [-0.1, -0.05) is 27.5 Å². The van der Waals surface area contributed by atoms with Crippen LogP contribution in [0.2, 0.25) is 5.02 Å². The van der Waals surface area contributed by atoms with E-state index >= 15 is 0 Å². The number of benzene rings is 2. The maximum Gasteiger partial charge on any atom is 0.265 e. The molecule has 0 saturated heterocycles. The van der Waals surface area contributed by atoms with Crippen molar-refractivity contribution in [2.75, 3.05) is 0 Å². The number of nitrogens with zero attached hydrogens (tertiary/aromatic N) is 1. The second kappa shape index (κ2) is 5.73. The second-order valence-electron chi connectivity index (χ2n) is 4.30. The summed E-state index contributed by atoms with van der Waals surface area (Å²) in [4.78, 5) is 16.1. The monoisotopic (exact) mass is 381 g/mol. The highest BCUT2D eigenvalue weighted by molar-refractivity contribution is 9.10. The van der Waals surface area contributed by atoms with Crippen LogP contribution < -0.4 is 11.3 Å². The molecule has 3 rings (SSSR count). The largest absolute Gasteiger partial charge is 0.290 e. The fourth-order valence-electron chi connectivity index (χ4n) is 1.93. The SMILES string of the molecule is NNC(=O)c1ccc2nc(-c3cc(Br)ccc3Cl)sc2c1. The Morgan fingerprint density at radius 1 is 1.29 bits per heavy atom. The summed E-state index contributed by atoms with van der Waals surface area (Å²) in [5.41, 5.74) is 4.30. The van der Waals surface area contributed by atoms with E-state index in [9.17, 15) is 4.79 Å². The van der Waals surface area contributed by atoms with Gasteiger partial charge in [-0.2, -0.15) is 0 Å². The first-order valence-corrected chi connectivity index (χ1v) is 7.94. The molecule has 0 bridgehead atoms. The van der Waals surface area contributed by atoms with Crippen LogP contribution in [0.25, 0.3) is 20.8 Å². The number of thiazole rings is 1. The number of aromatic nitrogens is 1. The van der Waals surface area contributed by atoms with Gasteiger partial charge in [0.25, 0.3) is 5.91 Å². The highest BCUT2D eigenvalue weighted by atomic mass is 79.9. The van der Waals surface area contributed by atoms with E-state index in [2.05, 4.69) is 26.3 Å². The molecule has 0 aliphatic heterocycles. The van der Waals surface area contributed by atoms with Gasteiger partial charge in [-0.3, -0.25) is 10.2 Å². The van der Waals surface area contributed by atoms with E-state index in [0.717, 1.165) is 25.3 Å². The zero-order valence-electron chi connectivity index (χ0n) is 10.6. The van der Waals surface area contributed by atoms with Crippen LogP contribution in [-0.2, 0) is 0 Å². The van der Waals surface area contributed by atoms with Crippen molar-refractivity contribution in [2.45, 2.75) is 0 Å². The summed E-state index contributed by atoms with van der Waals surface area (Å²) in [6.45, 7) is 0. The molecule has 0 saturated carbocycles. The number of rotatable bonds is 2. The minimum absolute atomic E-state index is 0.327. The van der Waals surface area contributed by atoms with Crippen molar-refractivity contribution in [3.63, 3.8) is 0 Å². The van der Waals surface area contributed by atoms with Crippen LogP contribution in [0.3, 0.4) is 0 Å². The second-order valence-corrected chi connectivity index (χ2v) is 6.65. The first-order chi connectivity index (χ1) is 10.1. The van der Waals surface area contributed by atoms with E-state index in [1.54, 1.807) is 18.2 Å². The molecular formula is C14H9BrClN3OS. The maximum atomic E-state index is 11.6. The Bertz CT molecular complexity index is 849. The van der Waals surface area contributed by atoms with Gasteiger partial charge in [0.2, 0.25) is 0 Å². The highest BCUT2D eigenvalue weighted by Crippen LogP contribution is 2.36. The van der Waals surface area contributed by atoms with E-state index in [4.69, 9.17) is 17.4 Å². The van der Waals surface area contributed by atoms with Crippen molar-refractivity contribution < 1.29 is 4.79 Å². The molecule has 0 spiro atoms. The number of nitrogens with two attached hydrogens (primary N) is 1. The lowest BCUT2D eigenvalue weighted by molar-refractivity contribution is 0.0954. The van der Waals surface area contributed by atoms with Crippen LogP contribution in [0, 0.1) is 0 Å². The predicted molar refractivity (Wildman–Crippen MR) is 89.4 cm³/mol. The molecule has 1 aromatic heterocycles. The summed E-state index contributed by atoms with van der Waals surface area (Å²) in [6, 6.07) is 10.9. The van der Waals surface area contributed by atoms with Crippen molar-refractivity contribution in [1.29, 1.82) is 0 Å². The zero-order chi connectivity index (χ0) is 15.0. The van der Waals surface area contributed by atoms with E-state index in [1.165, 1.54) is 11.3 Å². The number of nitrogens with one attached hydrogen (secondary N) is 1. The Morgan fingerprint density at radius 2 is 2.10 bits per heavy atom. The minimum atomic E-state index is -0.327. The number of nitrogen functional groups attached to an aromatic ring is 1.